The monoisotopic (exact) mass is 206 g/mol. The van der Waals surface area contributed by atoms with Crippen molar-refractivity contribution in [2.45, 2.75) is 20.0 Å². The van der Waals surface area contributed by atoms with E-state index in [0.717, 1.165) is 24.7 Å². The maximum atomic E-state index is 5.32. The number of rotatable bonds is 5. The molecule has 1 N–H and O–H groups in total. The first-order valence-electron chi connectivity index (χ1n) is 4.94. The summed E-state index contributed by atoms with van der Waals surface area (Å²) in [6, 6.07) is 1.91. The molecule has 5 heteroatoms. The molecule has 0 aliphatic heterocycles. The molecule has 0 aliphatic carbocycles. The minimum atomic E-state index is 0.662. The third-order valence-corrected chi connectivity index (χ3v) is 2.02. The molecule has 5 nitrogen and oxygen atoms in total. The SMILES string of the molecule is Cc1cnc(CNCCn2cccn2)o1. The average molecular weight is 206 g/mol. The van der Waals surface area contributed by atoms with Gasteiger partial charge in [-0.05, 0) is 13.0 Å². The largest absolute Gasteiger partial charge is 0.445 e. The molecule has 0 saturated heterocycles. The van der Waals surface area contributed by atoms with Gasteiger partial charge < -0.3 is 9.73 Å². The third-order valence-electron chi connectivity index (χ3n) is 2.02. The van der Waals surface area contributed by atoms with Crippen LogP contribution in [0.1, 0.15) is 11.7 Å². The second kappa shape index (κ2) is 4.75. The zero-order chi connectivity index (χ0) is 10.5. The van der Waals surface area contributed by atoms with E-state index in [-0.39, 0.29) is 0 Å². The van der Waals surface area contributed by atoms with E-state index in [2.05, 4.69) is 15.4 Å². The molecule has 2 rings (SSSR count). The van der Waals surface area contributed by atoms with Crippen molar-refractivity contribution >= 4 is 0 Å². The van der Waals surface area contributed by atoms with E-state index >= 15 is 0 Å². The van der Waals surface area contributed by atoms with Crippen LogP contribution in [0.2, 0.25) is 0 Å². The van der Waals surface area contributed by atoms with Crippen molar-refractivity contribution in [1.29, 1.82) is 0 Å². The molecule has 0 aromatic carbocycles. The van der Waals surface area contributed by atoms with Crippen LogP contribution in [-0.2, 0) is 13.1 Å². The zero-order valence-electron chi connectivity index (χ0n) is 8.68. The number of aromatic nitrogens is 3. The first-order valence-corrected chi connectivity index (χ1v) is 4.94. The molecule has 0 aliphatic rings. The lowest BCUT2D eigenvalue weighted by atomic mass is 10.5. The van der Waals surface area contributed by atoms with Gasteiger partial charge in [-0.2, -0.15) is 5.10 Å². The maximum absolute atomic E-state index is 5.32. The van der Waals surface area contributed by atoms with Gasteiger partial charge in [0, 0.05) is 18.9 Å². The fraction of sp³-hybridized carbons (Fsp3) is 0.400. The number of nitrogens with zero attached hydrogens (tertiary/aromatic N) is 3. The van der Waals surface area contributed by atoms with Gasteiger partial charge in [-0.25, -0.2) is 4.98 Å². The summed E-state index contributed by atoms with van der Waals surface area (Å²) in [4.78, 5) is 4.10. The highest BCUT2D eigenvalue weighted by Gasteiger charge is 1.98. The van der Waals surface area contributed by atoms with Crippen molar-refractivity contribution in [3.05, 3.63) is 36.3 Å². The zero-order valence-corrected chi connectivity index (χ0v) is 8.68. The highest BCUT2D eigenvalue weighted by molar-refractivity contribution is 4.90. The summed E-state index contributed by atoms with van der Waals surface area (Å²) in [6.07, 6.45) is 5.44. The average Bonchev–Trinajstić information content (AvgIpc) is 2.84. The molecule has 2 aromatic rings. The van der Waals surface area contributed by atoms with Gasteiger partial charge in [0.1, 0.15) is 5.76 Å². The van der Waals surface area contributed by atoms with Crippen molar-refractivity contribution in [1.82, 2.24) is 20.1 Å². The molecule has 0 spiro atoms. The van der Waals surface area contributed by atoms with Gasteiger partial charge in [-0.1, -0.05) is 0 Å². The van der Waals surface area contributed by atoms with Gasteiger partial charge in [0.25, 0.3) is 0 Å². The van der Waals surface area contributed by atoms with Gasteiger partial charge in [0.15, 0.2) is 0 Å². The Morgan fingerprint density at radius 2 is 2.47 bits per heavy atom. The van der Waals surface area contributed by atoms with Crippen LogP contribution in [0.25, 0.3) is 0 Å². The first kappa shape index (κ1) is 9.92. The minimum absolute atomic E-state index is 0.662. The highest BCUT2D eigenvalue weighted by atomic mass is 16.4. The second-order valence-electron chi connectivity index (χ2n) is 3.31. The Kier molecular flexibility index (Phi) is 3.14. The molecule has 2 heterocycles. The summed E-state index contributed by atoms with van der Waals surface area (Å²) < 4.78 is 7.21. The lowest BCUT2D eigenvalue weighted by molar-refractivity contribution is 0.441. The van der Waals surface area contributed by atoms with Crippen molar-refractivity contribution in [3.63, 3.8) is 0 Å². The van der Waals surface area contributed by atoms with Crippen LogP contribution in [0.3, 0.4) is 0 Å². The lowest BCUT2D eigenvalue weighted by Crippen LogP contribution is -2.19. The summed E-state index contributed by atoms with van der Waals surface area (Å²) in [5.74, 6) is 1.58. The van der Waals surface area contributed by atoms with E-state index in [9.17, 15) is 0 Å². The van der Waals surface area contributed by atoms with Crippen LogP contribution in [-0.4, -0.2) is 21.3 Å². The van der Waals surface area contributed by atoms with E-state index in [0.29, 0.717) is 6.54 Å². The van der Waals surface area contributed by atoms with Crippen molar-refractivity contribution in [3.8, 4) is 0 Å². The highest BCUT2D eigenvalue weighted by Crippen LogP contribution is 2.00. The molecular weight excluding hydrogens is 192 g/mol. The van der Waals surface area contributed by atoms with E-state index in [4.69, 9.17) is 4.42 Å². The van der Waals surface area contributed by atoms with Gasteiger partial charge in [0.2, 0.25) is 5.89 Å². The maximum Gasteiger partial charge on any atom is 0.208 e. The number of hydrogen-bond acceptors (Lipinski definition) is 4. The molecule has 0 saturated carbocycles. The Balaban J connectivity index is 1.67. The van der Waals surface area contributed by atoms with E-state index in [1.165, 1.54) is 0 Å². The predicted molar refractivity (Wildman–Crippen MR) is 55.2 cm³/mol. The van der Waals surface area contributed by atoms with Crippen molar-refractivity contribution in [2.75, 3.05) is 6.54 Å². The van der Waals surface area contributed by atoms with Gasteiger partial charge in [-0.3, -0.25) is 4.68 Å². The molecule has 2 aromatic heterocycles. The van der Waals surface area contributed by atoms with E-state index in [1.807, 2.05) is 23.9 Å². The molecule has 0 radical (unpaired) electrons. The van der Waals surface area contributed by atoms with Crippen molar-refractivity contribution < 1.29 is 4.42 Å². The molecule has 0 amide bonds. The molecule has 0 unspecified atom stereocenters. The van der Waals surface area contributed by atoms with E-state index in [1.54, 1.807) is 12.4 Å². The Morgan fingerprint density at radius 1 is 1.53 bits per heavy atom. The lowest BCUT2D eigenvalue weighted by Gasteiger charge is -2.02. The number of hydrogen-bond donors (Lipinski definition) is 1. The Labute approximate surface area is 88.1 Å². The molecule has 0 atom stereocenters. The minimum Gasteiger partial charge on any atom is -0.445 e. The third kappa shape index (κ3) is 2.92. The Bertz CT molecular complexity index is 393. The molecule has 0 bridgehead atoms. The Hall–Kier alpha value is -1.62. The second-order valence-corrected chi connectivity index (χ2v) is 3.31. The number of nitrogens with one attached hydrogen (secondary N) is 1. The van der Waals surface area contributed by atoms with Crippen LogP contribution >= 0.6 is 0 Å². The fourth-order valence-corrected chi connectivity index (χ4v) is 1.30. The summed E-state index contributed by atoms with van der Waals surface area (Å²) in [5, 5.41) is 7.34. The summed E-state index contributed by atoms with van der Waals surface area (Å²) in [7, 11) is 0. The smallest absolute Gasteiger partial charge is 0.208 e. The normalized spacial score (nSPS) is 10.7. The number of oxazole rings is 1. The molecule has 80 valence electrons. The fourth-order valence-electron chi connectivity index (χ4n) is 1.30. The first-order chi connectivity index (χ1) is 7.34. The van der Waals surface area contributed by atoms with Gasteiger partial charge in [-0.15, -0.1) is 0 Å². The van der Waals surface area contributed by atoms with Crippen LogP contribution in [0.5, 0.6) is 0 Å². The summed E-state index contributed by atoms with van der Waals surface area (Å²) in [5.41, 5.74) is 0. The predicted octanol–water partition coefficient (Wildman–Crippen LogP) is 0.969. The topological polar surface area (TPSA) is 55.9 Å². The molecule has 15 heavy (non-hydrogen) atoms. The standard InChI is InChI=1S/C10H14N4O/c1-9-7-12-10(15-9)8-11-4-6-14-5-2-3-13-14/h2-3,5,7,11H,4,6,8H2,1H3. The summed E-state index contributed by atoms with van der Waals surface area (Å²) >= 11 is 0. The van der Waals surface area contributed by atoms with Crippen LogP contribution < -0.4 is 5.32 Å². The van der Waals surface area contributed by atoms with Crippen LogP contribution in [0.15, 0.2) is 29.1 Å². The number of aryl methyl sites for hydroxylation is 1. The Morgan fingerprint density at radius 3 is 3.13 bits per heavy atom. The summed E-state index contributed by atoms with van der Waals surface area (Å²) in [6.45, 7) is 4.26. The molecular formula is C10H14N4O. The van der Waals surface area contributed by atoms with E-state index < -0.39 is 0 Å². The van der Waals surface area contributed by atoms with Gasteiger partial charge in [0.05, 0.1) is 19.3 Å². The van der Waals surface area contributed by atoms with Crippen LogP contribution in [0, 0.1) is 6.92 Å². The molecule has 0 fully saturated rings. The van der Waals surface area contributed by atoms with Crippen LogP contribution in [0.4, 0.5) is 0 Å². The van der Waals surface area contributed by atoms with Crippen molar-refractivity contribution in [2.24, 2.45) is 0 Å². The quantitative estimate of drug-likeness (QED) is 0.740. The van der Waals surface area contributed by atoms with Gasteiger partial charge >= 0.3 is 0 Å².